The van der Waals surface area contributed by atoms with E-state index in [1.54, 1.807) is 0 Å². The molecule has 1 aliphatic rings. The summed E-state index contributed by atoms with van der Waals surface area (Å²) in [6, 6.07) is 5.22. The van der Waals surface area contributed by atoms with Crippen molar-refractivity contribution in [2.75, 3.05) is 19.6 Å². The van der Waals surface area contributed by atoms with E-state index in [0.717, 1.165) is 6.07 Å². The molecule has 0 spiro atoms. The van der Waals surface area contributed by atoms with Crippen molar-refractivity contribution in [3.8, 4) is 0 Å². The van der Waals surface area contributed by atoms with Crippen molar-refractivity contribution in [3.63, 3.8) is 0 Å². The quantitative estimate of drug-likeness (QED) is 0.662. The Morgan fingerprint density at radius 3 is 2.75 bits per heavy atom. The normalized spacial score (nSPS) is 20.1. The molecule has 0 bridgehead atoms. The highest BCUT2D eigenvalue weighted by molar-refractivity contribution is 7.89. The van der Waals surface area contributed by atoms with Crippen LogP contribution in [0.15, 0.2) is 29.2 Å². The minimum absolute atomic E-state index is 0. The Morgan fingerprint density at radius 2 is 2.15 bits per heavy atom. The summed E-state index contributed by atoms with van der Waals surface area (Å²) in [5.41, 5.74) is -0.218. The summed E-state index contributed by atoms with van der Waals surface area (Å²) >= 11 is 0. The number of hydrogen-bond acceptors (Lipinski definition) is 5. The van der Waals surface area contributed by atoms with Gasteiger partial charge < -0.3 is 5.32 Å². The molecular formula is C11H16ClN3O4S. The second-order valence-electron chi connectivity index (χ2n) is 4.47. The van der Waals surface area contributed by atoms with Crippen molar-refractivity contribution in [2.24, 2.45) is 0 Å². The summed E-state index contributed by atoms with van der Waals surface area (Å²) in [5, 5.41) is 13.8. The van der Waals surface area contributed by atoms with Gasteiger partial charge in [-0.3, -0.25) is 10.1 Å². The predicted molar refractivity (Wildman–Crippen MR) is 76.6 cm³/mol. The first-order valence-electron chi connectivity index (χ1n) is 5.89. The summed E-state index contributed by atoms with van der Waals surface area (Å²) < 4.78 is 26.1. The number of nitrogens with one attached hydrogen (secondary N) is 1. The van der Waals surface area contributed by atoms with E-state index in [1.807, 2.05) is 6.92 Å². The predicted octanol–water partition coefficient (Wildman–Crippen LogP) is 0.999. The van der Waals surface area contributed by atoms with Crippen LogP contribution in [0.2, 0.25) is 0 Å². The number of halogens is 1. The van der Waals surface area contributed by atoms with E-state index in [-0.39, 0.29) is 29.0 Å². The summed E-state index contributed by atoms with van der Waals surface area (Å²) in [7, 11) is -3.66. The largest absolute Gasteiger partial charge is 0.312 e. The molecular weight excluding hydrogens is 306 g/mol. The van der Waals surface area contributed by atoms with Gasteiger partial charge in [-0.1, -0.05) is 6.07 Å². The van der Waals surface area contributed by atoms with Crippen LogP contribution in [0, 0.1) is 10.1 Å². The van der Waals surface area contributed by atoms with Crippen molar-refractivity contribution >= 4 is 28.1 Å². The van der Waals surface area contributed by atoms with Crippen LogP contribution in [0.1, 0.15) is 6.92 Å². The van der Waals surface area contributed by atoms with Crippen molar-refractivity contribution in [2.45, 2.75) is 17.9 Å². The van der Waals surface area contributed by atoms with E-state index in [0.29, 0.717) is 19.6 Å². The molecule has 7 nitrogen and oxygen atoms in total. The molecule has 0 amide bonds. The van der Waals surface area contributed by atoms with Gasteiger partial charge in [0.25, 0.3) is 5.69 Å². The van der Waals surface area contributed by atoms with Crippen LogP contribution in [0.5, 0.6) is 0 Å². The molecule has 2 rings (SSSR count). The Hall–Kier alpha value is -1.22. The monoisotopic (exact) mass is 321 g/mol. The maximum absolute atomic E-state index is 12.4. The molecule has 0 unspecified atom stereocenters. The Morgan fingerprint density at radius 1 is 1.45 bits per heavy atom. The zero-order chi connectivity index (χ0) is 14.0. The Kier molecular flexibility index (Phi) is 5.46. The number of sulfonamides is 1. The van der Waals surface area contributed by atoms with E-state index < -0.39 is 14.9 Å². The molecule has 0 saturated carbocycles. The molecule has 112 valence electrons. The zero-order valence-corrected chi connectivity index (χ0v) is 12.5. The highest BCUT2D eigenvalue weighted by Gasteiger charge is 2.29. The van der Waals surface area contributed by atoms with Crippen LogP contribution >= 0.6 is 12.4 Å². The maximum Gasteiger partial charge on any atom is 0.270 e. The van der Waals surface area contributed by atoms with E-state index in [1.165, 1.54) is 22.5 Å². The van der Waals surface area contributed by atoms with Gasteiger partial charge in [-0.05, 0) is 13.0 Å². The lowest BCUT2D eigenvalue weighted by Crippen LogP contribution is -2.51. The number of piperazine rings is 1. The lowest BCUT2D eigenvalue weighted by atomic mass is 10.3. The van der Waals surface area contributed by atoms with Gasteiger partial charge in [-0.25, -0.2) is 8.42 Å². The molecule has 0 radical (unpaired) electrons. The van der Waals surface area contributed by atoms with Gasteiger partial charge in [0.05, 0.1) is 9.82 Å². The molecule has 0 aliphatic carbocycles. The van der Waals surface area contributed by atoms with Crippen LogP contribution < -0.4 is 5.32 Å². The van der Waals surface area contributed by atoms with Gasteiger partial charge in [-0.15, -0.1) is 12.4 Å². The fourth-order valence-electron chi connectivity index (χ4n) is 2.02. The average molecular weight is 322 g/mol. The molecule has 1 atom stereocenters. The number of benzene rings is 1. The van der Waals surface area contributed by atoms with E-state index in [9.17, 15) is 18.5 Å². The van der Waals surface area contributed by atoms with E-state index >= 15 is 0 Å². The minimum Gasteiger partial charge on any atom is -0.312 e. The SMILES string of the molecule is C[C@H]1CN(S(=O)(=O)c2cccc([N+](=O)[O-])c2)CCN1.Cl. The van der Waals surface area contributed by atoms with E-state index in [4.69, 9.17) is 0 Å². The third-order valence-corrected chi connectivity index (χ3v) is 4.86. The van der Waals surface area contributed by atoms with Crippen LogP contribution in [-0.2, 0) is 10.0 Å². The summed E-state index contributed by atoms with van der Waals surface area (Å²) in [4.78, 5) is 10.1. The molecule has 1 saturated heterocycles. The van der Waals surface area contributed by atoms with Crippen molar-refractivity contribution in [3.05, 3.63) is 34.4 Å². The summed E-state index contributed by atoms with van der Waals surface area (Å²) in [6.45, 7) is 3.21. The standard InChI is InChI=1S/C11H15N3O4S.ClH/c1-9-8-13(6-5-12-9)19(17,18)11-4-2-3-10(7-11)14(15)16;/h2-4,7,9,12H,5-6,8H2,1H3;1H/t9-;/m0./s1. The topological polar surface area (TPSA) is 92.5 Å². The van der Waals surface area contributed by atoms with Gasteiger partial charge in [0, 0.05) is 37.8 Å². The molecule has 9 heteroatoms. The second-order valence-corrected chi connectivity index (χ2v) is 6.41. The molecule has 1 aromatic rings. The lowest BCUT2D eigenvalue weighted by molar-refractivity contribution is -0.385. The average Bonchev–Trinajstić information content (AvgIpc) is 2.39. The van der Waals surface area contributed by atoms with Crippen LogP contribution in [0.4, 0.5) is 5.69 Å². The molecule has 1 aliphatic heterocycles. The highest BCUT2D eigenvalue weighted by Crippen LogP contribution is 2.21. The Labute approximate surface area is 123 Å². The van der Waals surface area contributed by atoms with E-state index in [2.05, 4.69) is 5.32 Å². The Bertz CT molecular complexity index is 593. The molecule has 1 heterocycles. The fourth-order valence-corrected chi connectivity index (χ4v) is 3.59. The minimum atomic E-state index is -3.66. The van der Waals surface area contributed by atoms with Gasteiger partial charge in [0.1, 0.15) is 0 Å². The first-order valence-corrected chi connectivity index (χ1v) is 7.33. The number of nitrogens with zero attached hydrogens (tertiary/aromatic N) is 2. The molecule has 0 aromatic heterocycles. The molecule has 1 aromatic carbocycles. The Balaban J connectivity index is 0.00000200. The smallest absolute Gasteiger partial charge is 0.270 e. The van der Waals surface area contributed by atoms with Gasteiger partial charge in [-0.2, -0.15) is 4.31 Å². The fraction of sp³-hybridized carbons (Fsp3) is 0.455. The van der Waals surface area contributed by atoms with Crippen molar-refractivity contribution in [1.29, 1.82) is 0 Å². The number of nitro benzene ring substituents is 1. The number of nitro groups is 1. The first kappa shape index (κ1) is 16.8. The van der Waals surface area contributed by atoms with Crippen molar-refractivity contribution in [1.82, 2.24) is 9.62 Å². The van der Waals surface area contributed by atoms with Crippen LogP contribution in [0.3, 0.4) is 0 Å². The second kappa shape index (κ2) is 6.49. The molecule has 1 N–H and O–H groups in total. The number of rotatable bonds is 3. The van der Waals surface area contributed by atoms with Crippen molar-refractivity contribution < 1.29 is 13.3 Å². The third-order valence-electron chi connectivity index (χ3n) is 3.00. The van der Waals surface area contributed by atoms with Gasteiger partial charge in [0.2, 0.25) is 10.0 Å². The molecule has 1 fully saturated rings. The number of hydrogen-bond donors (Lipinski definition) is 1. The first-order chi connectivity index (χ1) is 8.91. The summed E-state index contributed by atoms with van der Waals surface area (Å²) in [6.07, 6.45) is 0. The molecule has 20 heavy (non-hydrogen) atoms. The number of non-ortho nitro benzene ring substituents is 1. The lowest BCUT2D eigenvalue weighted by Gasteiger charge is -2.30. The highest BCUT2D eigenvalue weighted by atomic mass is 35.5. The van der Waals surface area contributed by atoms with Crippen LogP contribution in [-0.4, -0.2) is 43.3 Å². The summed E-state index contributed by atoms with van der Waals surface area (Å²) in [5.74, 6) is 0. The third kappa shape index (κ3) is 3.45. The van der Waals surface area contributed by atoms with Gasteiger partial charge >= 0.3 is 0 Å². The maximum atomic E-state index is 12.4. The van der Waals surface area contributed by atoms with Crippen LogP contribution in [0.25, 0.3) is 0 Å². The zero-order valence-electron chi connectivity index (χ0n) is 10.9. The van der Waals surface area contributed by atoms with Gasteiger partial charge in [0.15, 0.2) is 0 Å².